The summed E-state index contributed by atoms with van der Waals surface area (Å²) in [6.07, 6.45) is 0.0609. The minimum atomic E-state index is -1.02. The molecular formula is C23H22N2O6. The number of esters is 1. The van der Waals surface area contributed by atoms with Gasteiger partial charge in [-0.25, -0.2) is 4.79 Å². The van der Waals surface area contributed by atoms with Gasteiger partial charge in [0.25, 0.3) is 5.69 Å². The van der Waals surface area contributed by atoms with E-state index in [1.54, 1.807) is 0 Å². The van der Waals surface area contributed by atoms with Crippen molar-refractivity contribution in [3.05, 3.63) is 81.9 Å². The zero-order chi connectivity index (χ0) is 22.4. The monoisotopic (exact) mass is 422 g/mol. The maximum atomic E-state index is 12.6. The average Bonchev–Trinajstić information content (AvgIpc) is 2.77. The number of non-ortho nitro benzene ring substituents is 1. The number of nitro groups is 1. The van der Waals surface area contributed by atoms with Crippen LogP contribution in [0.1, 0.15) is 11.1 Å². The molecule has 8 heteroatoms. The molecule has 3 aromatic rings. The number of fused-ring (bicyclic) bond motifs is 1. The molecule has 0 radical (unpaired) electrons. The fourth-order valence-corrected chi connectivity index (χ4v) is 3.37. The molecule has 0 aliphatic rings. The summed E-state index contributed by atoms with van der Waals surface area (Å²) >= 11 is 0. The molecule has 3 aromatic carbocycles. The van der Waals surface area contributed by atoms with E-state index in [2.05, 4.69) is 5.32 Å². The van der Waals surface area contributed by atoms with Crippen LogP contribution in [-0.4, -0.2) is 37.1 Å². The van der Waals surface area contributed by atoms with Crippen molar-refractivity contribution in [2.75, 3.05) is 14.2 Å². The molecule has 0 heterocycles. The zero-order valence-corrected chi connectivity index (χ0v) is 17.2. The summed E-state index contributed by atoms with van der Waals surface area (Å²) in [6, 6.07) is 16.6. The molecule has 3 rings (SSSR count). The van der Waals surface area contributed by atoms with E-state index >= 15 is 0 Å². The number of carbonyl (C=O) groups excluding carboxylic acids is 2. The van der Waals surface area contributed by atoms with Gasteiger partial charge < -0.3 is 14.8 Å². The van der Waals surface area contributed by atoms with Crippen LogP contribution in [0.15, 0.2) is 60.7 Å². The van der Waals surface area contributed by atoms with E-state index < -0.39 is 16.9 Å². The molecule has 0 aromatic heterocycles. The van der Waals surface area contributed by atoms with Crippen molar-refractivity contribution in [1.82, 2.24) is 5.32 Å². The van der Waals surface area contributed by atoms with Crippen molar-refractivity contribution < 1.29 is 24.0 Å². The SMILES string of the molecule is COC(=O)[C@H](Cc1cc([N+](=O)[O-])ccc1OC)NC(=O)Cc1ccc2ccccc2c1. The Hall–Kier alpha value is -3.94. The lowest BCUT2D eigenvalue weighted by molar-refractivity contribution is -0.384. The molecule has 0 saturated heterocycles. The van der Waals surface area contributed by atoms with Gasteiger partial charge in [0.2, 0.25) is 5.91 Å². The van der Waals surface area contributed by atoms with Gasteiger partial charge >= 0.3 is 5.97 Å². The Labute approximate surface area is 178 Å². The van der Waals surface area contributed by atoms with Gasteiger partial charge in [-0.2, -0.15) is 0 Å². The number of hydrogen-bond acceptors (Lipinski definition) is 6. The number of amides is 1. The lowest BCUT2D eigenvalue weighted by atomic mass is 10.0. The molecule has 0 fully saturated rings. The van der Waals surface area contributed by atoms with Gasteiger partial charge in [0.15, 0.2) is 0 Å². The Morgan fingerprint density at radius 1 is 1.03 bits per heavy atom. The summed E-state index contributed by atoms with van der Waals surface area (Å²) < 4.78 is 10.1. The van der Waals surface area contributed by atoms with Gasteiger partial charge in [-0.15, -0.1) is 0 Å². The first-order valence-electron chi connectivity index (χ1n) is 9.57. The van der Waals surface area contributed by atoms with Gasteiger partial charge in [-0.05, 0) is 22.4 Å². The highest BCUT2D eigenvalue weighted by atomic mass is 16.6. The summed E-state index contributed by atoms with van der Waals surface area (Å²) in [5.41, 5.74) is 1.08. The summed E-state index contributed by atoms with van der Waals surface area (Å²) in [5.74, 6) is -0.640. The smallest absolute Gasteiger partial charge is 0.328 e. The van der Waals surface area contributed by atoms with Crippen molar-refractivity contribution in [3.63, 3.8) is 0 Å². The number of methoxy groups -OCH3 is 2. The maximum absolute atomic E-state index is 12.6. The van der Waals surface area contributed by atoms with Gasteiger partial charge in [0.05, 0.1) is 25.6 Å². The number of nitro benzene ring substituents is 1. The fraction of sp³-hybridized carbons (Fsp3) is 0.217. The molecule has 0 unspecified atom stereocenters. The molecular weight excluding hydrogens is 400 g/mol. The first-order chi connectivity index (χ1) is 14.9. The van der Waals surface area contributed by atoms with Crippen LogP contribution in [0.4, 0.5) is 5.69 Å². The molecule has 8 nitrogen and oxygen atoms in total. The molecule has 0 spiro atoms. The Kier molecular flexibility index (Phi) is 6.81. The van der Waals surface area contributed by atoms with Crippen LogP contribution >= 0.6 is 0 Å². The second kappa shape index (κ2) is 9.71. The van der Waals surface area contributed by atoms with E-state index in [1.165, 1.54) is 32.4 Å². The highest BCUT2D eigenvalue weighted by Gasteiger charge is 2.25. The van der Waals surface area contributed by atoms with Crippen molar-refractivity contribution in [3.8, 4) is 5.75 Å². The van der Waals surface area contributed by atoms with E-state index in [1.807, 2.05) is 42.5 Å². The van der Waals surface area contributed by atoms with Crippen molar-refractivity contribution in [2.24, 2.45) is 0 Å². The van der Waals surface area contributed by atoms with E-state index in [0.717, 1.165) is 16.3 Å². The van der Waals surface area contributed by atoms with Crippen molar-refractivity contribution >= 4 is 28.3 Å². The maximum Gasteiger partial charge on any atom is 0.328 e. The Bertz CT molecular complexity index is 1130. The highest BCUT2D eigenvalue weighted by Crippen LogP contribution is 2.25. The van der Waals surface area contributed by atoms with Gasteiger partial charge in [0, 0.05) is 24.1 Å². The van der Waals surface area contributed by atoms with Crippen molar-refractivity contribution in [2.45, 2.75) is 18.9 Å². The third-order valence-corrected chi connectivity index (χ3v) is 4.90. The molecule has 160 valence electrons. The minimum Gasteiger partial charge on any atom is -0.496 e. The molecule has 1 N–H and O–H groups in total. The minimum absolute atomic E-state index is 0.0129. The third kappa shape index (κ3) is 5.36. The van der Waals surface area contributed by atoms with Crippen LogP contribution in [0.5, 0.6) is 5.75 Å². The Morgan fingerprint density at radius 2 is 1.77 bits per heavy atom. The summed E-state index contributed by atoms with van der Waals surface area (Å²) in [4.78, 5) is 35.5. The van der Waals surface area contributed by atoms with Gasteiger partial charge in [0.1, 0.15) is 11.8 Å². The molecule has 0 aliphatic heterocycles. The van der Waals surface area contributed by atoms with E-state index in [0.29, 0.717) is 11.3 Å². The molecule has 0 saturated carbocycles. The van der Waals surface area contributed by atoms with E-state index in [9.17, 15) is 19.7 Å². The first kappa shape index (κ1) is 21.8. The molecule has 0 aliphatic carbocycles. The number of ether oxygens (including phenoxy) is 2. The summed E-state index contributed by atoms with van der Waals surface area (Å²) in [6.45, 7) is 0. The zero-order valence-electron chi connectivity index (χ0n) is 17.2. The van der Waals surface area contributed by atoms with Gasteiger partial charge in [-0.3, -0.25) is 14.9 Å². The normalized spacial score (nSPS) is 11.5. The number of rotatable bonds is 8. The molecule has 31 heavy (non-hydrogen) atoms. The fourth-order valence-electron chi connectivity index (χ4n) is 3.37. The van der Waals surface area contributed by atoms with Crippen LogP contribution in [0.25, 0.3) is 10.8 Å². The molecule has 1 atom stereocenters. The van der Waals surface area contributed by atoms with Crippen LogP contribution in [0.2, 0.25) is 0 Å². The summed E-state index contributed by atoms with van der Waals surface area (Å²) in [5, 5.41) is 15.9. The predicted octanol–water partition coefficient (Wildman–Crippen LogP) is 3.20. The van der Waals surface area contributed by atoms with Crippen LogP contribution < -0.4 is 10.1 Å². The average molecular weight is 422 g/mol. The van der Waals surface area contributed by atoms with Gasteiger partial charge in [-0.1, -0.05) is 42.5 Å². The molecule has 1 amide bonds. The van der Waals surface area contributed by atoms with E-state index in [-0.39, 0.29) is 24.4 Å². The number of nitrogens with zero attached hydrogens (tertiary/aromatic N) is 1. The Morgan fingerprint density at radius 3 is 2.45 bits per heavy atom. The number of nitrogens with one attached hydrogen (secondary N) is 1. The highest BCUT2D eigenvalue weighted by molar-refractivity contribution is 5.88. The predicted molar refractivity (Wildman–Crippen MR) is 115 cm³/mol. The number of benzene rings is 3. The number of carbonyl (C=O) groups is 2. The van der Waals surface area contributed by atoms with Crippen LogP contribution in [-0.2, 0) is 27.2 Å². The second-order valence-electron chi connectivity index (χ2n) is 6.96. The van der Waals surface area contributed by atoms with Crippen LogP contribution in [0, 0.1) is 10.1 Å². The third-order valence-electron chi connectivity index (χ3n) is 4.90. The topological polar surface area (TPSA) is 108 Å². The van der Waals surface area contributed by atoms with E-state index in [4.69, 9.17) is 9.47 Å². The first-order valence-corrected chi connectivity index (χ1v) is 9.57. The Balaban J connectivity index is 1.78. The lowest BCUT2D eigenvalue weighted by Crippen LogP contribution is -2.43. The lowest BCUT2D eigenvalue weighted by Gasteiger charge is -2.18. The van der Waals surface area contributed by atoms with Crippen molar-refractivity contribution in [1.29, 1.82) is 0 Å². The summed E-state index contributed by atoms with van der Waals surface area (Å²) in [7, 11) is 2.64. The largest absolute Gasteiger partial charge is 0.496 e. The second-order valence-corrected chi connectivity index (χ2v) is 6.96. The number of hydrogen-bond donors (Lipinski definition) is 1. The standard InChI is InChI=1S/C23H22N2O6/c1-30-21-10-9-19(25(28)29)13-18(21)14-20(23(27)31-2)24-22(26)12-15-7-8-16-5-3-4-6-17(16)11-15/h3-11,13,20H,12,14H2,1-2H3,(H,24,26)/t20-/m0/s1. The van der Waals surface area contributed by atoms with Crippen LogP contribution in [0.3, 0.4) is 0 Å². The quantitative estimate of drug-likeness (QED) is 0.339. The molecule has 0 bridgehead atoms.